The summed E-state index contributed by atoms with van der Waals surface area (Å²) in [6.45, 7) is 6.33. The van der Waals surface area contributed by atoms with Gasteiger partial charge in [0, 0.05) is 5.41 Å². The van der Waals surface area contributed by atoms with Crippen LogP contribution < -0.4 is 5.73 Å². The van der Waals surface area contributed by atoms with Crippen molar-refractivity contribution in [1.82, 2.24) is 15.0 Å². The van der Waals surface area contributed by atoms with Crippen LogP contribution in [0.4, 0.5) is 5.82 Å². The highest BCUT2D eigenvalue weighted by atomic mass is 15.4. The fourth-order valence-corrected chi connectivity index (χ4v) is 2.48. The fraction of sp³-hybridized carbons (Fsp3) is 0.250. The summed E-state index contributed by atoms with van der Waals surface area (Å²) < 4.78 is 1.84. The highest BCUT2D eigenvalue weighted by molar-refractivity contribution is 5.84. The van der Waals surface area contributed by atoms with Crippen LogP contribution in [0.3, 0.4) is 0 Å². The van der Waals surface area contributed by atoms with Crippen molar-refractivity contribution in [2.24, 2.45) is 0 Å². The number of benzene rings is 2. The Balaban J connectivity index is 2.21. The molecule has 0 saturated heterocycles. The molecule has 0 bridgehead atoms. The molecular weight excluding hydrogens is 248 g/mol. The molecule has 0 radical (unpaired) electrons. The van der Waals surface area contributed by atoms with Gasteiger partial charge in [0.1, 0.15) is 0 Å². The molecule has 20 heavy (non-hydrogen) atoms. The van der Waals surface area contributed by atoms with Crippen LogP contribution in [0.15, 0.2) is 42.5 Å². The molecule has 2 N–H and O–H groups in total. The molecule has 0 spiro atoms. The van der Waals surface area contributed by atoms with Gasteiger partial charge in [-0.3, -0.25) is 0 Å². The number of hydrogen-bond donors (Lipinski definition) is 1. The maximum atomic E-state index is 5.98. The third-order valence-electron chi connectivity index (χ3n) is 3.38. The topological polar surface area (TPSA) is 56.7 Å². The molecule has 2 aromatic carbocycles. The number of rotatable bonds is 1. The first-order valence-corrected chi connectivity index (χ1v) is 6.67. The van der Waals surface area contributed by atoms with E-state index in [9.17, 15) is 0 Å². The summed E-state index contributed by atoms with van der Waals surface area (Å²) >= 11 is 0. The Morgan fingerprint density at radius 3 is 2.40 bits per heavy atom. The summed E-state index contributed by atoms with van der Waals surface area (Å²) in [6.07, 6.45) is 0. The van der Waals surface area contributed by atoms with Crippen LogP contribution in [0.1, 0.15) is 26.5 Å². The Bertz CT molecular complexity index is 765. The van der Waals surface area contributed by atoms with Crippen LogP contribution >= 0.6 is 0 Å². The van der Waals surface area contributed by atoms with Crippen molar-refractivity contribution in [2.45, 2.75) is 26.2 Å². The minimum atomic E-state index is -0.112. The largest absolute Gasteiger partial charge is 0.381 e. The zero-order valence-electron chi connectivity index (χ0n) is 12.0. The summed E-state index contributed by atoms with van der Waals surface area (Å²) in [7, 11) is 0. The number of aromatic nitrogens is 3. The van der Waals surface area contributed by atoms with E-state index in [1.807, 2.05) is 22.9 Å². The SMILES string of the molecule is CC(C)(C)c1c(N)nnn1-c1ccc2ccccc2c1. The van der Waals surface area contributed by atoms with Crippen LogP contribution in [0.2, 0.25) is 0 Å². The maximum absolute atomic E-state index is 5.98. The molecule has 0 saturated carbocycles. The number of fused-ring (bicyclic) bond motifs is 1. The van der Waals surface area contributed by atoms with E-state index in [1.165, 1.54) is 10.8 Å². The first-order chi connectivity index (χ1) is 9.47. The minimum Gasteiger partial charge on any atom is -0.381 e. The molecule has 0 aliphatic heterocycles. The molecule has 0 unspecified atom stereocenters. The molecule has 1 aromatic heterocycles. The van der Waals surface area contributed by atoms with Crippen molar-refractivity contribution in [3.8, 4) is 5.69 Å². The molecule has 0 aliphatic carbocycles. The Morgan fingerprint density at radius 1 is 1.00 bits per heavy atom. The zero-order valence-corrected chi connectivity index (χ0v) is 12.0. The quantitative estimate of drug-likeness (QED) is 0.735. The van der Waals surface area contributed by atoms with Crippen LogP contribution in [-0.4, -0.2) is 15.0 Å². The average molecular weight is 266 g/mol. The Morgan fingerprint density at radius 2 is 1.70 bits per heavy atom. The van der Waals surface area contributed by atoms with Gasteiger partial charge in [-0.25, -0.2) is 4.68 Å². The summed E-state index contributed by atoms with van der Waals surface area (Å²) in [5.74, 6) is 0.491. The zero-order chi connectivity index (χ0) is 14.3. The van der Waals surface area contributed by atoms with Gasteiger partial charge in [0.05, 0.1) is 11.4 Å². The molecule has 0 atom stereocenters. The number of nitrogens with two attached hydrogens (primary N) is 1. The van der Waals surface area contributed by atoms with Gasteiger partial charge < -0.3 is 5.73 Å². The summed E-state index contributed by atoms with van der Waals surface area (Å²) in [4.78, 5) is 0. The van der Waals surface area contributed by atoms with E-state index < -0.39 is 0 Å². The molecule has 0 fully saturated rings. The number of nitrogen functional groups attached to an aromatic ring is 1. The van der Waals surface area contributed by atoms with E-state index in [4.69, 9.17) is 5.73 Å². The molecule has 3 aromatic rings. The highest BCUT2D eigenvalue weighted by Gasteiger charge is 2.24. The first-order valence-electron chi connectivity index (χ1n) is 6.67. The molecule has 4 nitrogen and oxygen atoms in total. The van der Waals surface area contributed by atoms with Crippen LogP contribution in [0.25, 0.3) is 16.5 Å². The van der Waals surface area contributed by atoms with Gasteiger partial charge in [0.15, 0.2) is 5.82 Å². The highest BCUT2D eigenvalue weighted by Crippen LogP contribution is 2.29. The van der Waals surface area contributed by atoms with E-state index in [1.54, 1.807) is 0 Å². The van der Waals surface area contributed by atoms with Gasteiger partial charge in [-0.15, -0.1) is 5.10 Å². The summed E-state index contributed by atoms with van der Waals surface area (Å²) in [5.41, 5.74) is 7.79. The summed E-state index contributed by atoms with van der Waals surface area (Å²) in [5, 5.41) is 10.6. The molecule has 0 amide bonds. The van der Waals surface area contributed by atoms with Gasteiger partial charge in [-0.05, 0) is 22.9 Å². The Labute approximate surface area is 118 Å². The van der Waals surface area contributed by atoms with Crippen LogP contribution in [0.5, 0.6) is 0 Å². The smallest absolute Gasteiger partial charge is 0.170 e. The summed E-state index contributed by atoms with van der Waals surface area (Å²) in [6, 6.07) is 14.5. The standard InChI is InChI=1S/C16H18N4/c1-16(2,3)14-15(17)18-19-20(14)13-9-8-11-6-4-5-7-12(11)10-13/h4-10H,17H2,1-3H3. The lowest BCUT2D eigenvalue weighted by Crippen LogP contribution is -2.19. The van der Waals surface area contributed by atoms with E-state index >= 15 is 0 Å². The van der Waals surface area contributed by atoms with Crippen molar-refractivity contribution in [2.75, 3.05) is 5.73 Å². The lowest BCUT2D eigenvalue weighted by atomic mass is 9.91. The maximum Gasteiger partial charge on any atom is 0.170 e. The van der Waals surface area contributed by atoms with Crippen LogP contribution in [0, 0.1) is 0 Å². The van der Waals surface area contributed by atoms with Crippen molar-refractivity contribution in [3.05, 3.63) is 48.2 Å². The molecule has 1 heterocycles. The first kappa shape index (κ1) is 12.7. The van der Waals surface area contributed by atoms with Crippen molar-refractivity contribution >= 4 is 16.6 Å². The van der Waals surface area contributed by atoms with Gasteiger partial charge in [-0.1, -0.05) is 56.3 Å². The molecular formula is C16H18N4. The van der Waals surface area contributed by atoms with E-state index in [0.29, 0.717) is 5.82 Å². The predicted molar refractivity (Wildman–Crippen MR) is 82.0 cm³/mol. The third-order valence-corrected chi connectivity index (χ3v) is 3.38. The molecule has 0 aliphatic rings. The lowest BCUT2D eigenvalue weighted by Gasteiger charge is -2.20. The second kappa shape index (κ2) is 4.34. The van der Waals surface area contributed by atoms with Crippen molar-refractivity contribution in [3.63, 3.8) is 0 Å². The lowest BCUT2D eigenvalue weighted by molar-refractivity contribution is 0.544. The van der Waals surface area contributed by atoms with Crippen LogP contribution in [-0.2, 0) is 5.41 Å². The average Bonchev–Trinajstić information content (AvgIpc) is 2.80. The number of hydrogen-bond acceptors (Lipinski definition) is 3. The minimum absolute atomic E-state index is 0.112. The second-order valence-corrected chi connectivity index (χ2v) is 6.02. The van der Waals surface area contributed by atoms with Gasteiger partial charge in [-0.2, -0.15) is 0 Å². The molecule has 102 valence electrons. The number of anilines is 1. The molecule has 3 rings (SSSR count). The monoisotopic (exact) mass is 266 g/mol. The van der Waals surface area contributed by atoms with E-state index in [-0.39, 0.29) is 5.41 Å². The fourth-order valence-electron chi connectivity index (χ4n) is 2.48. The molecule has 4 heteroatoms. The van der Waals surface area contributed by atoms with Gasteiger partial charge in [0.2, 0.25) is 0 Å². The van der Waals surface area contributed by atoms with E-state index in [0.717, 1.165) is 11.4 Å². The third kappa shape index (κ3) is 2.03. The van der Waals surface area contributed by atoms with Gasteiger partial charge >= 0.3 is 0 Å². The Hall–Kier alpha value is -2.36. The number of nitrogens with zero attached hydrogens (tertiary/aromatic N) is 3. The van der Waals surface area contributed by atoms with Crippen molar-refractivity contribution < 1.29 is 0 Å². The van der Waals surface area contributed by atoms with Crippen molar-refractivity contribution in [1.29, 1.82) is 0 Å². The van der Waals surface area contributed by atoms with Gasteiger partial charge in [0.25, 0.3) is 0 Å². The predicted octanol–water partition coefficient (Wildman–Crippen LogP) is 3.30. The Kier molecular flexibility index (Phi) is 2.74. The van der Waals surface area contributed by atoms with E-state index in [2.05, 4.69) is 55.3 Å². The normalized spacial score (nSPS) is 11.9. The second-order valence-electron chi connectivity index (χ2n) is 6.02.